The van der Waals surface area contributed by atoms with Crippen LogP contribution >= 0.6 is 0 Å². The van der Waals surface area contributed by atoms with E-state index in [1.807, 2.05) is 13.0 Å². The second-order valence-electron chi connectivity index (χ2n) is 6.38. The van der Waals surface area contributed by atoms with E-state index >= 15 is 0 Å². The third-order valence-electron chi connectivity index (χ3n) is 3.70. The smallest absolute Gasteiger partial charge is 0.328 e. The van der Waals surface area contributed by atoms with E-state index in [0.717, 1.165) is 24.8 Å². The van der Waals surface area contributed by atoms with E-state index in [1.165, 1.54) is 26.7 Å². The number of carbonyl (C=O) groups excluding carboxylic acids is 2. The Morgan fingerprint density at radius 1 is 1.04 bits per heavy atom. The number of hydrogen-bond acceptors (Lipinski definition) is 4. The molecule has 0 aliphatic carbocycles. The zero-order chi connectivity index (χ0) is 17.3. The van der Waals surface area contributed by atoms with Gasteiger partial charge in [0.2, 0.25) is 0 Å². The van der Waals surface area contributed by atoms with Crippen LogP contribution < -0.4 is 4.74 Å². The second-order valence-corrected chi connectivity index (χ2v) is 6.38. The zero-order valence-electron chi connectivity index (χ0n) is 14.7. The van der Waals surface area contributed by atoms with Gasteiger partial charge in [-0.3, -0.25) is 9.59 Å². The number of benzene rings is 1. The number of carbonyl (C=O) groups is 2. The van der Waals surface area contributed by atoms with Crippen LogP contribution in [0.3, 0.4) is 0 Å². The van der Waals surface area contributed by atoms with Crippen LogP contribution in [0.5, 0.6) is 5.75 Å². The normalized spacial score (nSPS) is 11.1. The van der Waals surface area contributed by atoms with Crippen molar-refractivity contribution in [1.82, 2.24) is 0 Å². The fraction of sp³-hybridized carbons (Fsp3) is 0.579. The lowest BCUT2D eigenvalue weighted by molar-refractivity contribution is -0.164. The average Bonchev–Trinajstić information content (AvgIpc) is 2.50. The lowest BCUT2D eigenvalue weighted by Crippen LogP contribution is -2.38. The molecule has 0 saturated heterocycles. The van der Waals surface area contributed by atoms with Crippen molar-refractivity contribution in [3.63, 3.8) is 0 Å². The predicted molar refractivity (Wildman–Crippen MR) is 90.3 cm³/mol. The average molecular weight is 320 g/mol. The molecule has 1 aromatic carbocycles. The molecule has 0 bridgehead atoms. The molecule has 0 atom stereocenters. The third-order valence-corrected chi connectivity index (χ3v) is 3.70. The molecule has 0 heterocycles. The standard InChI is InChI=1S/C19H28O4/c1-5-6-7-8-9-13-22-17(20)19(3,4)18(21)23-16-12-10-11-15(2)14-16/h10-12,14H,5-9,13H2,1-4H3. The number of ether oxygens (including phenoxy) is 2. The predicted octanol–water partition coefficient (Wildman–Crippen LogP) is 4.44. The van der Waals surface area contributed by atoms with Gasteiger partial charge in [0, 0.05) is 0 Å². The maximum Gasteiger partial charge on any atom is 0.328 e. The first-order chi connectivity index (χ1) is 10.9. The Kier molecular flexibility index (Phi) is 7.79. The Hall–Kier alpha value is -1.84. The van der Waals surface area contributed by atoms with Crippen molar-refractivity contribution < 1.29 is 19.1 Å². The van der Waals surface area contributed by atoms with Gasteiger partial charge in [-0.15, -0.1) is 0 Å². The molecule has 23 heavy (non-hydrogen) atoms. The van der Waals surface area contributed by atoms with Gasteiger partial charge in [0.25, 0.3) is 0 Å². The summed E-state index contributed by atoms with van der Waals surface area (Å²) in [6.07, 6.45) is 5.39. The summed E-state index contributed by atoms with van der Waals surface area (Å²) in [6, 6.07) is 7.17. The van der Waals surface area contributed by atoms with Gasteiger partial charge in [-0.1, -0.05) is 44.7 Å². The highest BCUT2D eigenvalue weighted by Crippen LogP contribution is 2.23. The highest BCUT2D eigenvalue weighted by Gasteiger charge is 2.39. The molecule has 0 N–H and O–H groups in total. The molecule has 0 aliphatic heterocycles. The summed E-state index contributed by atoms with van der Waals surface area (Å²) in [5.41, 5.74) is -0.324. The third kappa shape index (κ3) is 6.43. The molecule has 0 fully saturated rings. The van der Waals surface area contributed by atoms with Crippen molar-refractivity contribution in [2.24, 2.45) is 5.41 Å². The van der Waals surface area contributed by atoms with Gasteiger partial charge < -0.3 is 9.47 Å². The molecule has 1 rings (SSSR count). The maximum absolute atomic E-state index is 12.2. The Labute approximate surface area is 139 Å². The molecule has 0 aliphatic rings. The van der Waals surface area contributed by atoms with Crippen LogP contribution in [0.25, 0.3) is 0 Å². The van der Waals surface area contributed by atoms with Gasteiger partial charge in [0.1, 0.15) is 5.75 Å². The van der Waals surface area contributed by atoms with Crippen molar-refractivity contribution in [1.29, 1.82) is 0 Å². The summed E-state index contributed by atoms with van der Waals surface area (Å²) in [5, 5.41) is 0. The summed E-state index contributed by atoms with van der Waals surface area (Å²) in [7, 11) is 0. The summed E-state index contributed by atoms with van der Waals surface area (Å²) in [6.45, 7) is 7.48. The summed E-state index contributed by atoms with van der Waals surface area (Å²) in [4.78, 5) is 24.4. The fourth-order valence-corrected chi connectivity index (χ4v) is 2.05. The first-order valence-electron chi connectivity index (χ1n) is 8.34. The highest BCUT2D eigenvalue weighted by molar-refractivity contribution is 5.99. The van der Waals surface area contributed by atoms with Crippen LogP contribution in [0.15, 0.2) is 24.3 Å². The number of unbranched alkanes of at least 4 members (excludes halogenated alkanes) is 4. The second kappa shape index (κ2) is 9.33. The lowest BCUT2D eigenvalue weighted by Gasteiger charge is -2.20. The van der Waals surface area contributed by atoms with Crippen LogP contribution in [-0.4, -0.2) is 18.5 Å². The number of esters is 2. The minimum atomic E-state index is -1.31. The van der Waals surface area contributed by atoms with Crippen molar-refractivity contribution >= 4 is 11.9 Å². The molecule has 0 saturated carbocycles. The first-order valence-corrected chi connectivity index (χ1v) is 8.34. The van der Waals surface area contributed by atoms with Crippen LogP contribution in [-0.2, 0) is 14.3 Å². The molecule has 0 aromatic heterocycles. The monoisotopic (exact) mass is 320 g/mol. The summed E-state index contributed by atoms with van der Waals surface area (Å²) < 4.78 is 10.5. The van der Waals surface area contributed by atoms with Crippen molar-refractivity contribution in [2.75, 3.05) is 6.61 Å². The van der Waals surface area contributed by atoms with Crippen LogP contribution in [0.2, 0.25) is 0 Å². The van der Waals surface area contributed by atoms with E-state index in [0.29, 0.717) is 12.4 Å². The van der Waals surface area contributed by atoms with E-state index < -0.39 is 17.4 Å². The van der Waals surface area contributed by atoms with E-state index in [9.17, 15) is 9.59 Å². The SMILES string of the molecule is CCCCCCCOC(=O)C(C)(C)C(=O)Oc1cccc(C)c1. The molecule has 128 valence electrons. The van der Waals surface area contributed by atoms with Gasteiger partial charge in [-0.25, -0.2) is 0 Å². The number of rotatable bonds is 9. The van der Waals surface area contributed by atoms with Gasteiger partial charge in [-0.2, -0.15) is 0 Å². The molecule has 1 aromatic rings. The quantitative estimate of drug-likeness (QED) is 0.292. The number of aryl methyl sites for hydroxylation is 1. The number of hydrogen-bond donors (Lipinski definition) is 0. The highest BCUT2D eigenvalue weighted by atomic mass is 16.6. The fourth-order valence-electron chi connectivity index (χ4n) is 2.05. The van der Waals surface area contributed by atoms with Crippen LogP contribution in [0.4, 0.5) is 0 Å². The summed E-state index contributed by atoms with van der Waals surface area (Å²) in [5.74, 6) is -0.694. The molecule has 0 spiro atoms. The van der Waals surface area contributed by atoms with E-state index in [2.05, 4.69) is 6.92 Å². The molecule has 4 nitrogen and oxygen atoms in total. The molecular weight excluding hydrogens is 292 g/mol. The van der Waals surface area contributed by atoms with Gasteiger partial charge >= 0.3 is 11.9 Å². The van der Waals surface area contributed by atoms with Crippen molar-refractivity contribution in [3.8, 4) is 5.75 Å². The first kappa shape index (κ1) is 19.2. The molecule has 0 amide bonds. The molecule has 0 radical (unpaired) electrons. The Bertz CT molecular complexity index is 520. The minimum Gasteiger partial charge on any atom is -0.465 e. The van der Waals surface area contributed by atoms with Crippen LogP contribution in [0, 0.1) is 12.3 Å². The molecular formula is C19H28O4. The van der Waals surface area contributed by atoms with E-state index in [-0.39, 0.29) is 0 Å². The Morgan fingerprint density at radius 2 is 1.74 bits per heavy atom. The largest absolute Gasteiger partial charge is 0.465 e. The van der Waals surface area contributed by atoms with Gasteiger partial charge in [-0.05, 0) is 44.9 Å². The van der Waals surface area contributed by atoms with E-state index in [1.54, 1.807) is 18.2 Å². The zero-order valence-corrected chi connectivity index (χ0v) is 14.7. The van der Waals surface area contributed by atoms with Crippen molar-refractivity contribution in [2.45, 2.75) is 59.8 Å². The molecule has 4 heteroatoms. The minimum absolute atomic E-state index is 0.351. The topological polar surface area (TPSA) is 52.6 Å². The summed E-state index contributed by atoms with van der Waals surface area (Å²) >= 11 is 0. The molecule has 0 unspecified atom stereocenters. The Morgan fingerprint density at radius 3 is 2.39 bits per heavy atom. The van der Waals surface area contributed by atoms with Gasteiger partial charge in [0.15, 0.2) is 5.41 Å². The van der Waals surface area contributed by atoms with E-state index in [4.69, 9.17) is 9.47 Å². The van der Waals surface area contributed by atoms with Crippen molar-refractivity contribution in [3.05, 3.63) is 29.8 Å². The van der Waals surface area contributed by atoms with Crippen LogP contribution in [0.1, 0.15) is 58.4 Å². The maximum atomic E-state index is 12.2. The van der Waals surface area contributed by atoms with Gasteiger partial charge in [0.05, 0.1) is 6.61 Å². The lowest BCUT2D eigenvalue weighted by atomic mass is 9.94. The Balaban J connectivity index is 2.46.